The summed E-state index contributed by atoms with van der Waals surface area (Å²) in [5, 5.41) is 10.6. The van der Waals surface area contributed by atoms with E-state index in [2.05, 4.69) is 45.4 Å². The standard InChI is InChI=1S/C38H42ClN7O3S/c1-24-25(2)50-37-34(24)35(28-11-14-29(39)15-12-28)41-32(36-43-42-26(3)46(36)37)23-33(47)45-20-18-44(19-21-45)30-16-13-27(31(22-30)38(48)49-4)10-8-6-5-7-9-17-40/h11-16,22,32H,5-7,9,17-21,23,40H2,1-4H3/t32-/m0/s1. The number of piperazine rings is 1. The van der Waals surface area contributed by atoms with Crippen LogP contribution in [0.1, 0.15) is 87.3 Å². The molecule has 2 aliphatic rings. The third kappa shape index (κ3) is 7.33. The molecule has 2 aliphatic heterocycles. The number of benzene rings is 2. The summed E-state index contributed by atoms with van der Waals surface area (Å²) in [4.78, 5) is 37.2. The second-order valence-electron chi connectivity index (χ2n) is 12.6. The van der Waals surface area contributed by atoms with Crippen molar-refractivity contribution in [1.29, 1.82) is 0 Å². The Morgan fingerprint density at radius 3 is 2.50 bits per heavy atom. The van der Waals surface area contributed by atoms with Crippen molar-refractivity contribution in [2.45, 2.75) is 58.9 Å². The smallest absolute Gasteiger partial charge is 0.339 e. The predicted molar refractivity (Wildman–Crippen MR) is 199 cm³/mol. The summed E-state index contributed by atoms with van der Waals surface area (Å²) in [6.07, 6.45) is 3.91. The highest BCUT2D eigenvalue weighted by atomic mass is 35.5. The molecule has 1 fully saturated rings. The van der Waals surface area contributed by atoms with Crippen LogP contribution in [0.25, 0.3) is 5.00 Å². The Labute approximate surface area is 302 Å². The quantitative estimate of drug-likeness (QED) is 0.125. The molecule has 2 aromatic heterocycles. The maximum absolute atomic E-state index is 14.0. The van der Waals surface area contributed by atoms with Gasteiger partial charge in [-0.05, 0) is 76.1 Å². The molecule has 0 spiro atoms. The number of nitrogens with zero attached hydrogens (tertiary/aromatic N) is 6. The molecule has 12 heteroatoms. The molecule has 0 aliphatic carbocycles. The number of thiophene rings is 1. The summed E-state index contributed by atoms with van der Waals surface area (Å²) in [6.45, 7) is 9.15. The van der Waals surface area contributed by atoms with E-state index in [-0.39, 0.29) is 12.3 Å². The summed E-state index contributed by atoms with van der Waals surface area (Å²) in [7, 11) is 1.38. The van der Waals surface area contributed by atoms with Crippen molar-refractivity contribution in [3.8, 4) is 16.8 Å². The van der Waals surface area contributed by atoms with E-state index in [9.17, 15) is 9.59 Å². The van der Waals surface area contributed by atoms with Crippen LogP contribution in [0.2, 0.25) is 5.02 Å². The number of ether oxygens (including phenoxy) is 1. The molecule has 6 rings (SSSR count). The number of amides is 1. The van der Waals surface area contributed by atoms with Crippen LogP contribution in [-0.2, 0) is 9.53 Å². The van der Waals surface area contributed by atoms with Gasteiger partial charge in [0.1, 0.15) is 16.9 Å². The summed E-state index contributed by atoms with van der Waals surface area (Å²) < 4.78 is 7.15. The van der Waals surface area contributed by atoms with Crippen molar-refractivity contribution >= 4 is 46.2 Å². The molecule has 0 saturated carbocycles. The van der Waals surface area contributed by atoms with Crippen LogP contribution in [-0.4, -0.2) is 77.1 Å². The van der Waals surface area contributed by atoms with E-state index in [0.717, 1.165) is 64.6 Å². The number of nitrogens with two attached hydrogens (primary N) is 1. The lowest BCUT2D eigenvalue weighted by Gasteiger charge is -2.36. The van der Waals surface area contributed by atoms with Gasteiger partial charge in [0.15, 0.2) is 5.82 Å². The first kappa shape index (κ1) is 35.3. The molecule has 2 N–H and O–H groups in total. The molecule has 10 nitrogen and oxygen atoms in total. The summed E-state index contributed by atoms with van der Waals surface area (Å²) >= 11 is 7.94. The van der Waals surface area contributed by atoms with Gasteiger partial charge in [0, 0.05) is 64.9 Å². The number of fused-ring (bicyclic) bond motifs is 3. The highest BCUT2D eigenvalue weighted by molar-refractivity contribution is 7.15. The molecule has 0 bridgehead atoms. The summed E-state index contributed by atoms with van der Waals surface area (Å²) in [5.41, 5.74) is 11.5. The Morgan fingerprint density at radius 1 is 1.02 bits per heavy atom. The van der Waals surface area contributed by atoms with Crippen molar-refractivity contribution in [2.75, 3.05) is 44.7 Å². The van der Waals surface area contributed by atoms with Gasteiger partial charge >= 0.3 is 5.97 Å². The van der Waals surface area contributed by atoms with Crippen molar-refractivity contribution < 1.29 is 14.3 Å². The Morgan fingerprint density at radius 2 is 1.78 bits per heavy atom. The van der Waals surface area contributed by atoms with Crippen LogP contribution in [0.3, 0.4) is 0 Å². The van der Waals surface area contributed by atoms with E-state index in [1.54, 1.807) is 11.3 Å². The van der Waals surface area contributed by atoms with Crippen molar-refractivity contribution in [2.24, 2.45) is 10.7 Å². The zero-order valence-corrected chi connectivity index (χ0v) is 30.5. The van der Waals surface area contributed by atoms with E-state index < -0.39 is 12.0 Å². The lowest BCUT2D eigenvalue weighted by molar-refractivity contribution is -0.131. The molecule has 1 atom stereocenters. The Bertz CT molecular complexity index is 1980. The van der Waals surface area contributed by atoms with Crippen LogP contribution in [0.4, 0.5) is 5.69 Å². The van der Waals surface area contributed by atoms with E-state index >= 15 is 0 Å². The average molecular weight is 712 g/mol. The number of anilines is 1. The Hall–Kier alpha value is -4.50. The first-order valence-corrected chi connectivity index (χ1v) is 18.2. The van der Waals surface area contributed by atoms with E-state index in [1.165, 1.54) is 12.0 Å². The van der Waals surface area contributed by atoms with Crippen LogP contribution in [0, 0.1) is 32.6 Å². The third-order valence-electron chi connectivity index (χ3n) is 9.36. The molecule has 1 saturated heterocycles. The SMILES string of the molecule is COC(=O)c1cc(N2CCN(C(=O)C[C@@H]3N=C(c4ccc(Cl)cc4)c4c(sc(C)c4C)-n4c(C)nnc43)CC2)ccc1C#CCCCCCN. The van der Waals surface area contributed by atoms with Gasteiger partial charge in [-0.2, -0.15) is 0 Å². The molecule has 0 radical (unpaired) electrons. The Balaban J connectivity index is 1.20. The summed E-state index contributed by atoms with van der Waals surface area (Å²) in [5.74, 6) is 7.35. The number of unbranched alkanes of at least 4 members (excludes halogenated alkanes) is 3. The van der Waals surface area contributed by atoms with Gasteiger partial charge in [-0.1, -0.05) is 42.0 Å². The number of hydrogen-bond acceptors (Lipinski definition) is 9. The number of halogens is 1. The molecule has 260 valence electrons. The molecule has 4 heterocycles. The van der Waals surface area contributed by atoms with E-state index in [1.807, 2.05) is 54.3 Å². The molecule has 2 aromatic carbocycles. The third-order valence-corrected chi connectivity index (χ3v) is 10.8. The van der Waals surface area contributed by atoms with E-state index in [4.69, 9.17) is 27.1 Å². The number of esters is 1. The normalized spacial score (nSPS) is 15.4. The number of carbonyl (C=O) groups is 2. The number of carbonyl (C=O) groups excluding carboxylic acids is 2. The van der Waals surface area contributed by atoms with Gasteiger partial charge in [-0.15, -0.1) is 21.5 Å². The van der Waals surface area contributed by atoms with E-state index in [0.29, 0.717) is 54.7 Å². The van der Waals surface area contributed by atoms with Crippen molar-refractivity contribution in [3.05, 3.63) is 91.8 Å². The fourth-order valence-corrected chi connectivity index (χ4v) is 7.79. The summed E-state index contributed by atoms with van der Waals surface area (Å²) in [6, 6.07) is 12.9. The maximum atomic E-state index is 14.0. The van der Waals surface area contributed by atoms with Gasteiger partial charge in [-0.3, -0.25) is 14.4 Å². The number of hydrogen-bond donors (Lipinski definition) is 1. The zero-order chi connectivity index (χ0) is 35.4. The lowest BCUT2D eigenvalue weighted by atomic mass is 9.99. The van der Waals surface area contributed by atoms with Crippen LogP contribution in [0.15, 0.2) is 47.5 Å². The number of aliphatic imine (C=N–C) groups is 1. The lowest BCUT2D eigenvalue weighted by Crippen LogP contribution is -2.49. The minimum atomic E-state index is -0.524. The molecular weight excluding hydrogens is 670 g/mol. The maximum Gasteiger partial charge on any atom is 0.339 e. The zero-order valence-electron chi connectivity index (χ0n) is 29.0. The largest absolute Gasteiger partial charge is 0.465 e. The second-order valence-corrected chi connectivity index (χ2v) is 14.2. The molecule has 0 unspecified atom stereocenters. The van der Waals surface area contributed by atoms with Crippen molar-refractivity contribution in [1.82, 2.24) is 19.7 Å². The highest BCUT2D eigenvalue weighted by Crippen LogP contribution is 2.40. The minimum absolute atomic E-state index is 0.00607. The van der Waals surface area contributed by atoms with Gasteiger partial charge in [0.05, 0.1) is 24.8 Å². The fraction of sp³-hybridized carbons (Fsp3) is 0.395. The molecule has 1 amide bonds. The van der Waals surface area contributed by atoms with Gasteiger partial charge < -0.3 is 20.3 Å². The van der Waals surface area contributed by atoms with Crippen molar-refractivity contribution in [3.63, 3.8) is 0 Å². The number of rotatable bonds is 9. The van der Waals surface area contributed by atoms with Crippen LogP contribution >= 0.6 is 22.9 Å². The van der Waals surface area contributed by atoms with Gasteiger partial charge in [-0.25, -0.2) is 4.79 Å². The van der Waals surface area contributed by atoms with Crippen LogP contribution < -0.4 is 10.6 Å². The number of methoxy groups -OCH3 is 1. The number of aryl methyl sites for hydroxylation is 2. The average Bonchev–Trinajstić information content (AvgIpc) is 3.61. The molecule has 4 aromatic rings. The monoisotopic (exact) mass is 711 g/mol. The topological polar surface area (TPSA) is 119 Å². The number of aromatic nitrogens is 3. The van der Waals surface area contributed by atoms with Gasteiger partial charge in [0.2, 0.25) is 5.91 Å². The first-order chi connectivity index (χ1) is 24.2. The highest BCUT2D eigenvalue weighted by Gasteiger charge is 2.34. The first-order valence-electron chi connectivity index (χ1n) is 17.0. The molecule has 50 heavy (non-hydrogen) atoms. The van der Waals surface area contributed by atoms with Gasteiger partial charge in [0.25, 0.3) is 0 Å². The predicted octanol–water partition coefficient (Wildman–Crippen LogP) is 6.20. The molecular formula is C38H42ClN7O3S. The van der Waals surface area contributed by atoms with Crippen LogP contribution in [0.5, 0.6) is 0 Å². The minimum Gasteiger partial charge on any atom is -0.465 e. The Kier molecular flexibility index (Phi) is 11.0. The fourth-order valence-electron chi connectivity index (χ4n) is 6.45. The second kappa shape index (κ2) is 15.6.